The van der Waals surface area contributed by atoms with Gasteiger partial charge in [0, 0.05) is 24.8 Å². The van der Waals surface area contributed by atoms with Crippen molar-refractivity contribution < 1.29 is 5.11 Å². The standard InChI is InChI=1S/C17H28N2O/c1-3-9-18-13-15-7-8-17(14(2)12-15)19(10-11-20)16-5-4-6-16/h7-8,12,16,18,20H,3-6,9-11,13H2,1-2H3. The van der Waals surface area contributed by atoms with Gasteiger partial charge < -0.3 is 15.3 Å². The van der Waals surface area contributed by atoms with Crippen molar-refractivity contribution in [2.24, 2.45) is 0 Å². The highest BCUT2D eigenvalue weighted by Gasteiger charge is 2.25. The van der Waals surface area contributed by atoms with Gasteiger partial charge in [0.25, 0.3) is 0 Å². The fourth-order valence-corrected chi connectivity index (χ4v) is 2.87. The molecule has 0 saturated heterocycles. The minimum absolute atomic E-state index is 0.232. The highest BCUT2D eigenvalue weighted by atomic mass is 16.3. The Kier molecular flexibility index (Phi) is 5.86. The molecule has 0 amide bonds. The predicted molar refractivity (Wildman–Crippen MR) is 85.2 cm³/mol. The third-order valence-corrected chi connectivity index (χ3v) is 4.18. The van der Waals surface area contributed by atoms with Gasteiger partial charge in [0.1, 0.15) is 0 Å². The second-order valence-electron chi connectivity index (χ2n) is 5.80. The predicted octanol–water partition coefficient (Wildman–Crippen LogP) is 2.85. The van der Waals surface area contributed by atoms with E-state index >= 15 is 0 Å². The lowest BCUT2D eigenvalue weighted by Crippen LogP contribution is -2.42. The van der Waals surface area contributed by atoms with Crippen molar-refractivity contribution in [3.63, 3.8) is 0 Å². The quantitative estimate of drug-likeness (QED) is 0.717. The number of nitrogens with one attached hydrogen (secondary N) is 1. The first kappa shape index (κ1) is 15.3. The Balaban J connectivity index is 2.06. The van der Waals surface area contributed by atoms with E-state index in [0.29, 0.717) is 6.04 Å². The van der Waals surface area contributed by atoms with Crippen molar-refractivity contribution in [3.05, 3.63) is 29.3 Å². The molecule has 3 heteroatoms. The van der Waals surface area contributed by atoms with Crippen LogP contribution in [0.4, 0.5) is 5.69 Å². The number of aliphatic hydroxyl groups is 1. The monoisotopic (exact) mass is 276 g/mol. The summed E-state index contributed by atoms with van der Waals surface area (Å²) in [6.45, 7) is 7.36. The number of nitrogens with zero attached hydrogens (tertiary/aromatic N) is 1. The van der Waals surface area contributed by atoms with E-state index in [9.17, 15) is 5.11 Å². The summed E-state index contributed by atoms with van der Waals surface area (Å²) >= 11 is 0. The molecule has 1 aliphatic carbocycles. The lowest BCUT2D eigenvalue weighted by molar-refractivity contribution is 0.283. The topological polar surface area (TPSA) is 35.5 Å². The number of aryl methyl sites for hydroxylation is 1. The average Bonchev–Trinajstić information content (AvgIpc) is 2.37. The molecule has 0 spiro atoms. The first-order valence-corrected chi connectivity index (χ1v) is 7.94. The highest BCUT2D eigenvalue weighted by Crippen LogP contribution is 2.31. The number of hydrogen-bond acceptors (Lipinski definition) is 3. The molecule has 1 aromatic carbocycles. The zero-order valence-electron chi connectivity index (χ0n) is 12.9. The zero-order chi connectivity index (χ0) is 14.4. The normalized spacial score (nSPS) is 15.2. The fourth-order valence-electron chi connectivity index (χ4n) is 2.87. The molecular weight excluding hydrogens is 248 g/mol. The van der Waals surface area contributed by atoms with Crippen LogP contribution in [0.3, 0.4) is 0 Å². The molecule has 1 aliphatic rings. The van der Waals surface area contributed by atoms with Crippen molar-refractivity contribution >= 4 is 5.69 Å². The lowest BCUT2D eigenvalue weighted by atomic mass is 9.90. The smallest absolute Gasteiger partial charge is 0.0606 e. The van der Waals surface area contributed by atoms with Gasteiger partial charge in [-0.3, -0.25) is 0 Å². The summed E-state index contributed by atoms with van der Waals surface area (Å²) in [7, 11) is 0. The maximum atomic E-state index is 9.30. The largest absolute Gasteiger partial charge is 0.395 e. The molecule has 0 unspecified atom stereocenters. The number of anilines is 1. The van der Waals surface area contributed by atoms with Crippen LogP contribution < -0.4 is 10.2 Å². The Morgan fingerprint density at radius 3 is 2.70 bits per heavy atom. The van der Waals surface area contributed by atoms with Gasteiger partial charge in [0.2, 0.25) is 0 Å². The molecule has 0 aromatic heterocycles. The third kappa shape index (κ3) is 3.74. The molecular formula is C17H28N2O. The van der Waals surface area contributed by atoms with E-state index in [-0.39, 0.29) is 6.61 Å². The number of benzene rings is 1. The van der Waals surface area contributed by atoms with Gasteiger partial charge in [-0.1, -0.05) is 19.1 Å². The highest BCUT2D eigenvalue weighted by molar-refractivity contribution is 5.55. The molecule has 1 fully saturated rings. The summed E-state index contributed by atoms with van der Waals surface area (Å²) in [5, 5.41) is 12.7. The molecule has 20 heavy (non-hydrogen) atoms. The second kappa shape index (κ2) is 7.65. The zero-order valence-corrected chi connectivity index (χ0v) is 12.9. The fraction of sp³-hybridized carbons (Fsp3) is 0.647. The average molecular weight is 276 g/mol. The molecule has 112 valence electrons. The van der Waals surface area contributed by atoms with Crippen molar-refractivity contribution in [3.8, 4) is 0 Å². The molecule has 2 N–H and O–H groups in total. The van der Waals surface area contributed by atoms with E-state index in [0.717, 1.165) is 19.6 Å². The second-order valence-corrected chi connectivity index (χ2v) is 5.80. The van der Waals surface area contributed by atoms with Crippen LogP contribution in [0, 0.1) is 6.92 Å². The summed E-state index contributed by atoms with van der Waals surface area (Å²) < 4.78 is 0. The van der Waals surface area contributed by atoms with Crippen LogP contribution in [-0.2, 0) is 6.54 Å². The van der Waals surface area contributed by atoms with Crippen LogP contribution in [0.5, 0.6) is 0 Å². The summed E-state index contributed by atoms with van der Waals surface area (Å²) in [5.74, 6) is 0. The van der Waals surface area contributed by atoms with Crippen LogP contribution in [0.25, 0.3) is 0 Å². The Labute approximate surface area is 123 Å². The van der Waals surface area contributed by atoms with Crippen molar-refractivity contribution in [1.82, 2.24) is 5.32 Å². The van der Waals surface area contributed by atoms with Crippen LogP contribution in [0.15, 0.2) is 18.2 Å². The molecule has 1 saturated carbocycles. The molecule has 0 heterocycles. The maximum Gasteiger partial charge on any atom is 0.0606 e. The van der Waals surface area contributed by atoms with Crippen molar-refractivity contribution in [1.29, 1.82) is 0 Å². The maximum absolute atomic E-state index is 9.30. The SMILES string of the molecule is CCCNCc1ccc(N(CCO)C2CCC2)c(C)c1. The number of hydrogen-bond donors (Lipinski definition) is 2. The lowest BCUT2D eigenvalue weighted by Gasteiger charge is -2.39. The van der Waals surface area contributed by atoms with Gasteiger partial charge in [0.15, 0.2) is 0 Å². The van der Waals surface area contributed by atoms with Gasteiger partial charge in [-0.2, -0.15) is 0 Å². The van der Waals surface area contributed by atoms with E-state index in [2.05, 4.69) is 42.3 Å². The Bertz CT molecular complexity index is 415. The van der Waals surface area contributed by atoms with E-state index in [1.807, 2.05) is 0 Å². The number of rotatable bonds is 8. The van der Waals surface area contributed by atoms with Crippen molar-refractivity contribution in [2.75, 3.05) is 24.6 Å². The number of aliphatic hydroxyl groups excluding tert-OH is 1. The molecule has 2 rings (SSSR count). The third-order valence-electron chi connectivity index (χ3n) is 4.18. The summed E-state index contributed by atoms with van der Waals surface area (Å²) in [5.41, 5.74) is 3.96. The van der Waals surface area contributed by atoms with Gasteiger partial charge in [-0.05, 0) is 56.3 Å². The molecule has 0 bridgehead atoms. The van der Waals surface area contributed by atoms with Crippen LogP contribution >= 0.6 is 0 Å². The van der Waals surface area contributed by atoms with E-state index in [1.54, 1.807) is 0 Å². The van der Waals surface area contributed by atoms with Crippen LogP contribution in [0.2, 0.25) is 0 Å². The summed E-state index contributed by atoms with van der Waals surface area (Å²) in [6.07, 6.45) is 5.02. The Morgan fingerprint density at radius 1 is 1.35 bits per heavy atom. The van der Waals surface area contributed by atoms with Gasteiger partial charge in [-0.15, -0.1) is 0 Å². The van der Waals surface area contributed by atoms with Gasteiger partial charge >= 0.3 is 0 Å². The molecule has 1 aromatic rings. The van der Waals surface area contributed by atoms with Crippen LogP contribution in [-0.4, -0.2) is 30.8 Å². The van der Waals surface area contributed by atoms with Gasteiger partial charge in [-0.25, -0.2) is 0 Å². The summed E-state index contributed by atoms with van der Waals surface area (Å²) in [4.78, 5) is 2.39. The minimum atomic E-state index is 0.232. The molecule has 3 nitrogen and oxygen atoms in total. The Morgan fingerprint density at radius 2 is 2.15 bits per heavy atom. The molecule has 0 aliphatic heterocycles. The first-order chi connectivity index (χ1) is 9.76. The minimum Gasteiger partial charge on any atom is -0.395 e. The molecule has 0 atom stereocenters. The first-order valence-electron chi connectivity index (χ1n) is 7.94. The van der Waals surface area contributed by atoms with Gasteiger partial charge in [0.05, 0.1) is 6.61 Å². The van der Waals surface area contributed by atoms with E-state index < -0.39 is 0 Å². The summed E-state index contributed by atoms with van der Waals surface area (Å²) in [6, 6.07) is 7.35. The van der Waals surface area contributed by atoms with Crippen molar-refractivity contribution in [2.45, 2.75) is 52.1 Å². The molecule has 0 radical (unpaired) electrons. The van der Waals surface area contributed by atoms with E-state index in [1.165, 1.54) is 42.5 Å². The Hall–Kier alpha value is -1.06. The van der Waals surface area contributed by atoms with Crippen LogP contribution in [0.1, 0.15) is 43.7 Å². The van der Waals surface area contributed by atoms with E-state index in [4.69, 9.17) is 0 Å².